The number of nitrogen functional groups attached to an aromatic ring is 1. The van der Waals surface area contributed by atoms with Crippen LogP contribution in [0.5, 0.6) is 11.5 Å². The number of carboxylic acids is 1. The largest absolute Gasteiger partial charge is 0.504 e. The SMILES string of the molecule is CC(=O)OCC1=C(C(=O)O)N2C(=O)[C@@H](NC(=O)/C(=N/OCc3cc(-c4ccc(O)c(O)c4)no3)c3csc(N)n3)[C@H]2SC1. The number of hydrogen-bond acceptors (Lipinski definition) is 15. The number of nitrogens with one attached hydrogen (secondary N) is 1. The quantitative estimate of drug-likeness (QED) is 0.0691. The monoisotopic (exact) mass is 630 g/mol. The van der Waals surface area contributed by atoms with Gasteiger partial charge in [0, 0.05) is 35.3 Å². The Labute approximate surface area is 249 Å². The second-order valence-corrected chi connectivity index (χ2v) is 11.1. The number of carboxylic acid groups (broad SMARTS) is 1. The molecular weight excluding hydrogens is 608 g/mol. The molecule has 18 heteroatoms. The van der Waals surface area contributed by atoms with Crippen LogP contribution in [0.1, 0.15) is 18.4 Å². The highest BCUT2D eigenvalue weighted by Crippen LogP contribution is 2.40. The summed E-state index contributed by atoms with van der Waals surface area (Å²) < 4.78 is 10.1. The number of aliphatic carboxylic acids is 1. The molecule has 2 amide bonds. The van der Waals surface area contributed by atoms with Crippen LogP contribution in [0.2, 0.25) is 0 Å². The highest BCUT2D eigenvalue weighted by Gasteiger charge is 2.54. The number of oxime groups is 1. The summed E-state index contributed by atoms with van der Waals surface area (Å²) in [5.74, 6) is -3.71. The zero-order chi connectivity index (χ0) is 30.8. The van der Waals surface area contributed by atoms with Crippen LogP contribution in [-0.2, 0) is 35.4 Å². The average Bonchev–Trinajstić information content (AvgIpc) is 3.62. The van der Waals surface area contributed by atoms with Crippen molar-refractivity contribution >= 4 is 57.7 Å². The van der Waals surface area contributed by atoms with Crippen LogP contribution in [0.4, 0.5) is 5.13 Å². The number of fused-ring (bicyclic) bond motifs is 1. The second-order valence-electron chi connectivity index (χ2n) is 9.06. The minimum absolute atomic E-state index is 0.0764. The first kappa shape index (κ1) is 29.4. The first-order valence-corrected chi connectivity index (χ1v) is 14.2. The van der Waals surface area contributed by atoms with Gasteiger partial charge in [-0.25, -0.2) is 9.78 Å². The molecule has 0 aliphatic carbocycles. The third-order valence-electron chi connectivity index (χ3n) is 6.16. The second kappa shape index (κ2) is 12.0. The van der Waals surface area contributed by atoms with Gasteiger partial charge in [0.05, 0.1) is 0 Å². The number of carbonyl (C=O) groups is 4. The lowest BCUT2D eigenvalue weighted by molar-refractivity contribution is -0.150. The summed E-state index contributed by atoms with van der Waals surface area (Å²) >= 11 is 2.25. The minimum atomic E-state index is -1.36. The summed E-state index contributed by atoms with van der Waals surface area (Å²) in [4.78, 5) is 59.9. The summed E-state index contributed by atoms with van der Waals surface area (Å²) in [7, 11) is 0. The van der Waals surface area contributed by atoms with Gasteiger partial charge < -0.3 is 40.5 Å². The number of ether oxygens (including phenoxy) is 1. The number of phenols is 2. The maximum Gasteiger partial charge on any atom is 0.352 e. The molecule has 4 heterocycles. The maximum atomic E-state index is 13.3. The lowest BCUT2D eigenvalue weighted by atomic mass is 10.0. The number of β-lactam (4-membered cyclic amide) rings is 1. The van der Waals surface area contributed by atoms with Crippen molar-refractivity contribution in [3.63, 3.8) is 0 Å². The average molecular weight is 631 g/mol. The Hall–Kier alpha value is -5.10. The molecule has 2 aliphatic heterocycles. The molecule has 0 bridgehead atoms. The summed E-state index contributed by atoms with van der Waals surface area (Å²) in [6.45, 7) is 0.646. The van der Waals surface area contributed by atoms with Gasteiger partial charge in [-0.3, -0.25) is 19.3 Å². The van der Waals surface area contributed by atoms with Crippen LogP contribution in [0, 0.1) is 0 Å². The normalized spacial score (nSPS) is 18.1. The molecule has 6 N–H and O–H groups in total. The van der Waals surface area contributed by atoms with Crippen molar-refractivity contribution in [3.05, 3.63) is 52.4 Å². The molecule has 2 aromatic heterocycles. The minimum Gasteiger partial charge on any atom is -0.504 e. The van der Waals surface area contributed by atoms with E-state index in [4.69, 9.17) is 19.8 Å². The number of phenolic OH excluding ortho intramolecular Hbond substituents is 2. The lowest BCUT2D eigenvalue weighted by Gasteiger charge is -2.49. The molecule has 1 saturated heterocycles. The first-order chi connectivity index (χ1) is 20.5. The van der Waals surface area contributed by atoms with Gasteiger partial charge in [-0.15, -0.1) is 23.1 Å². The number of nitrogens with two attached hydrogens (primary N) is 1. The number of aromatic nitrogens is 2. The number of thioether (sulfide) groups is 1. The molecule has 43 heavy (non-hydrogen) atoms. The van der Waals surface area contributed by atoms with Gasteiger partial charge >= 0.3 is 11.9 Å². The number of nitrogens with zero attached hydrogens (tertiary/aromatic N) is 4. The van der Waals surface area contributed by atoms with E-state index in [1.807, 2.05) is 0 Å². The number of esters is 1. The molecule has 16 nitrogen and oxygen atoms in total. The van der Waals surface area contributed by atoms with Crippen LogP contribution in [0.25, 0.3) is 11.3 Å². The van der Waals surface area contributed by atoms with Gasteiger partial charge in [0.15, 0.2) is 34.7 Å². The Bertz CT molecular complexity index is 1680. The fourth-order valence-corrected chi connectivity index (χ4v) is 6.03. The van der Waals surface area contributed by atoms with E-state index in [9.17, 15) is 34.5 Å². The molecule has 0 radical (unpaired) electrons. The fraction of sp³-hybridized carbons (Fsp3) is 0.240. The van der Waals surface area contributed by atoms with Crippen molar-refractivity contribution in [2.24, 2.45) is 5.16 Å². The third-order valence-corrected chi connectivity index (χ3v) is 8.17. The summed E-state index contributed by atoms with van der Waals surface area (Å²) in [6.07, 6.45) is 0. The maximum absolute atomic E-state index is 13.3. The number of carbonyl (C=O) groups excluding carboxylic acids is 3. The van der Waals surface area contributed by atoms with Gasteiger partial charge in [-0.2, -0.15) is 0 Å². The van der Waals surface area contributed by atoms with Crippen molar-refractivity contribution in [2.45, 2.75) is 24.9 Å². The van der Waals surface area contributed by atoms with E-state index in [0.717, 1.165) is 16.2 Å². The van der Waals surface area contributed by atoms with Gasteiger partial charge in [-0.05, 0) is 18.2 Å². The number of benzene rings is 1. The van der Waals surface area contributed by atoms with Crippen molar-refractivity contribution in [2.75, 3.05) is 18.1 Å². The van der Waals surface area contributed by atoms with E-state index in [1.165, 1.54) is 48.3 Å². The summed E-state index contributed by atoms with van der Waals surface area (Å²) in [5.41, 5.74) is 6.28. The standard InChI is InChI=1S/C25H22N6O10S2/c1-10(32)39-6-12-8-42-23-19(22(36)31(23)20(12)24(37)38)28-21(35)18(15-9-43-25(26)27-15)30-40-7-13-5-14(29-41-13)11-2-3-16(33)17(34)4-11/h2-5,9,19,23,33-34H,6-8H2,1H3,(H2,26,27)(H,28,35)(H,37,38)/b30-18+/t19-,23-/m1/s1. The zero-order valence-electron chi connectivity index (χ0n) is 22.0. The Morgan fingerprint density at radius 1 is 1.23 bits per heavy atom. The van der Waals surface area contributed by atoms with Crippen LogP contribution in [0.15, 0.2) is 50.6 Å². The predicted octanol–water partition coefficient (Wildman–Crippen LogP) is 1.01. The van der Waals surface area contributed by atoms with Crippen LogP contribution in [-0.4, -0.2) is 83.6 Å². The number of aromatic hydroxyl groups is 2. The molecule has 3 aromatic rings. The summed E-state index contributed by atoms with van der Waals surface area (Å²) in [6, 6.07) is 4.54. The van der Waals surface area contributed by atoms with Crippen LogP contribution >= 0.6 is 23.1 Å². The van der Waals surface area contributed by atoms with E-state index in [2.05, 4.69) is 20.6 Å². The van der Waals surface area contributed by atoms with E-state index < -0.39 is 35.2 Å². The predicted molar refractivity (Wildman–Crippen MR) is 149 cm³/mol. The smallest absolute Gasteiger partial charge is 0.352 e. The highest BCUT2D eigenvalue weighted by atomic mass is 32.2. The van der Waals surface area contributed by atoms with Crippen molar-refractivity contribution < 1.29 is 48.6 Å². The number of rotatable bonds is 10. The molecule has 1 fully saturated rings. The summed E-state index contributed by atoms with van der Waals surface area (Å²) in [5, 5.41) is 40.2. The van der Waals surface area contributed by atoms with E-state index in [-0.39, 0.29) is 64.0 Å². The molecule has 0 saturated carbocycles. The molecular formula is C25H22N6O10S2. The highest BCUT2D eigenvalue weighted by molar-refractivity contribution is 8.00. The molecule has 2 aliphatic rings. The van der Waals surface area contributed by atoms with Crippen LogP contribution < -0.4 is 11.1 Å². The Kier molecular flexibility index (Phi) is 8.22. The van der Waals surface area contributed by atoms with Gasteiger partial charge in [0.1, 0.15) is 35.1 Å². The molecule has 2 atom stereocenters. The van der Waals surface area contributed by atoms with Crippen molar-refractivity contribution in [1.82, 2.24) is 20.4 Å². The number of hydrogen-bond donors (Lipinski definition) is 5. The van der Waals surface area contributed by atoms with Crippen LogP contribution in [0.3, 0.4) is 0 Å². The number of amides is 2. The van der Waals surface area contributed by atoms with Gasteiger partial charge in [-0.1, -0.05) is 10.3 Å². The Morgan fingerprint density at radius 2 is 2.02 bits per heavy atom. The third kappa shape index (κ3) is 6.09. The fourth-order valence-electron chi connectivity index (χ4n) is 4.15. The van der Waals surface area contributed by atoms with E-state index >= 15 is 0 Å². The molecule has 224 valence electrons. The molecule has 0 spiro atoms. The van der Waals surface area contributed by atoms with Gasteiger partial charge in [0.25, 0.3) is 11.8 Å². The molecule has 0 unspecified atom stereocenters. The lowest BCUT2D eigenvalue weighted by Crippen LogP contribution is -2.71. The topological polar surface area (TPSA) is 240 Å². The Balaban J connectivity index is 1.29. The number of anilines is 1. The molecule has 5 rings (SSSR count). The Morgan fingerprint density at radius 3 is 2.70 bits per heavy atom. The number of thiazole rings is 1. The first-order valence-electron chi connectivity index (χ1n) is 12.3. The zero-order valence-corrected chi connectivity index (χ0v) is 23.7. The van der Waals surface area contributed by atoms with E-state index in [0.29, 0.717) is 11.3 Å². The van der Waals surface area contributed by atoms with Gasteiger partial charge in [0.2, 0.25) is 0 Å². The van der Waals surface area contributed by atoms with Crippen molar-refractivity contribution in [1.29, 1.82) is 0 Å². The van der Waals surface area contributed by atoms with Crippen molar-refractivity contribution in [3.8, 4) is 22.8 Å². The molecule has 1 aromatic carbocycles. The van der Waals surface area contributed by atoms with E-state index in [1.54, 1.807) is 0 Å².